The van der Waals surface area contributed by atoms with E-state index in [-0.39, 0.29) is 12.4 Å². The number of ether oxygens (including phenoxy) is 2. The maximum atomic E-state index is 12.1. The molecule has 0 saturated heterocycles. The minimum atomic E-state index is -3.86. The van der Waals surface area contributed by atoms with Crippen LogP contribution in [0.25, 0.3) is 6.08 Å². The molecule has 0 fully saturated rings. The Morgan fingerprint density at radius 1 is 1.03 bits per heavy atom. The Balaban J connectivity index is 1.52. The highest BCUT2D eigenvalue weighted by Crippen LogP contribution is 2.32. The highest BCUT2D eigenvalue weighted by atomic mass is 32.2. The molecule has 0 saturated carbocycles. The van der Waals surface area contributed by atoms with Crippen molar-refractivity contribution in [2.24, 2.45) is 0 Å². The van der Waals surface area contributed by atoms with Crippen molar-refractivity contribution in [1.29, 1.82) is 0 Å². The minimum Gasteiger partial charge on any atom is -0.454 e. The lowest BCUT2D eigenvalue weighted by Crippen LogP contribution is -2.50. The van der Waals surface area contributed by atoms with Crippen LogP contribution in [0.4, 0.5) is 0 Å². The summed E-state index contributed by atoms with van der Waals surface area (Å²) in [5.41, 5.74) is 5.35. The Hall–Kier alpha value is -3.37. The fourth-order valence-electron chi connectivity index (χ4n) is 2.41. The van der Waals surface area contributed by atoms with E-state index in [4.69, 9.17) is 9.47 Å². The van der Waals surface area contributed by atoms with E-state index in [0.717, 1.165) is 5.41 Å². The van der Waals surface area contributed by atoms with Gasteiger partial charge in [-0.15, -0.1) is 0 Å². The molecule has 0 bridgehead atoms. The van der Waals surface area contributed by atoms with Gasteiger partial charge in [0.15, 0.2) is 11.5 Å². The molecule has 2 aromatic rings. The van der Waals surface area contributed by atoms with Crippen molar-refractivity contribution < 1.29 is 27.5 Å². The van der Waals surface area contributed by atoms with Gasteiger partial charge in [-0.25, -0.2) is 8.42 Å². The predicted octanol–water partition coefficient (Wildman–Crippen LogP) is 1.16. The minimum absolute atomic E-state index is 0.0769. The van der Waals surface area contributed by atoms with E-state index in [1.165, 1.54) is 25.1 Å². The number of sulfonamides is 1. The monoisotopic (exact) mass is 417 g/mol. The van der Waals surface area contributed by atoms with E-state index in [1.807, 2.05) is 6.07 Å². The first-order chi connectivity index (χ1) is 13.8. The van der Waals surface area contributed by atoms with E-state index in [9.17, 15) is 18.0 Å². The maximum absolute atomic E-state index is 12.1. The van der Waals surface area contributed by atoms with Gasteiger partial charge in [0.25, 0.3) is 11.8 Å². The molecule has 0 unspecified atom stereocenters. The Bertz CT molecular complexity index is 1040. The summed E-state index contributed by atoms with van der Waals surface area (Å²) < 4.78 is 36.8. The number of hydrogen-bond acceptors (Lipinski definition) is 6. The lowest BCUT2D eigenvalue weighted by atomic mass is 10.2. The Morgan fingerprint density at radius 3 is 2.52 bits per heavy atom. The summed E-state index contributed by atoms with van der Waals surface area (Å²) in [6, 6.07) is 12.3. The van der Waals surface area contributed by atoms with Crippen LogP contribution in [0, 0.1) is 0 Å². The van der Waals surface area contributed by atoms with Crippen LogP contribution < -0.4 is 25.0 Å². The third kappa shape index (κ3) is 5.56. The van der Waals surface area contributed by atoms with E-state index in [2.05, 4.69) is 15.6 Å². The molecule has 10 heteroatoms. The SMILES string of the molecule is C[C@@H](NS(=O)(=O)/C=C/c1ccccc1)C(=O)NNC(=O)c1ccc2c(c1)OCO2. The number of carbonyl (C=O) groups is 2. The number of carbonyl (C=O) groups excluding carboxylic acids is 2. The van der Waals surface area contributed by atoms with Crippen LogP contribution in [0.1, 0.15) is 22.8 Å². The van der Waals surface area contributed by atoms with Crippen molar-refractivity contribution in [3.8, 4) is 11.5 Å². The van der Waals surface area contributed by atoms with E-state index in [1.54, 1.807) is 30.3 Å². The topological polar surface area (TPSA) is 123 Å². The summed E-state index contributed by atoms with van der Waals surface area (Å²) in [6.07, 6.45) is 1.41. The number of fused-ring (bicyclic) bond motifs is 1. The molecule has 3 N–H and O–H groups in total. The quantitative estimate of drug-likeness (QED) is 0.606. The first-order valence-electron chi connectivity index (χ1n) is 8.59. The van der Waals surface area contributed by atoms with Gasteiger partial charge in [0.05, 0.1) is 6.04 Å². The fourth-order valence-corrected chi connectivity index (χ4v) is 3.42. The number of rotatable bonds is 6. The molecular formula is C19H19N3O6S. The van der Waals surface area contributed by atoms with Crippen molar-refractivity contribution >= 4 is 27.9 Å². The third-order valence-corrected chi connectivity index (χ3v) is 5.08. The highest BCUT2D eigenvalue weighted by Gasteiger charge is 2.20. The number of hydrazine groups is 1. The van der Waals surface area contributed by atoms with Gasteiger partial charge in [-0.05, 0) is 36.8 Å². The molecule has 0 aromatic heterocycles. The summed E-state index contributed by atoms with van der Waals surface area (Å²) >= 11 is 0. The normalized spacial score (nSPS) is 13.8. The summed E-state index contributed by atoms with van der Waals surface area (Å²) in [7, 11) is -3.86. The van der Waals surface area contributed by atoms with Crippen molar-refractivity contribution in [2.75, 3.05) is 6.79 Å². The van der Waals surface area contributed by atoms with Crippen LogP contribution in [0.2, 0.25) is 0 Å². The molecule has 1 atom stereocenters. The first-order valence-corrected chi connectivity index (χ1v) is 10.1. The summed E-state index contributed by atoms with van der Waals surface area (Å²) in [5.74, 6) is -0.362. The second-order valence-electron chi connectivity index (χ2n) is 6.11. The predicted molar refractivity (Wildman–Crippen MR) is 105 cm³/mol. The average Bonchev–Trinajstić information content (AvgIpc) is 3.18. The zero-order valence-electron chi connectivity index (χ0n) is 15.4. The molecule has 2 amide bonds. The molecule has 1 heterocycles. The number of nitrogens with one attached hydrogen (secondary N) is 3. The van der Waals surface area contributed by atoms with Gasteiger partial charge < -0.3 is 9.47 Å². The standard InChI is InChI=1S/C19H19N3O6S/c1-13(22-29(25,26)10-9-14-5-3-2-4-6-14)18(23)20-21-19(24)15-7-8-16-17(11-15)28-12-27-16/h2-11,13,22H,12H2,1H3,(H,20,23)(H,21,24)/b10-9+/t13-/m1/s1. The Kier molecular flexibility index (Phi) is 6.15. The molecule has 0 radical (unpaired) electrons. The molecule has 1 aliphatic heterocycles. The zero-order chi connectivity index (χ0) is 20.9. The van der Waals surface area contributed by atoms with Gasteiger partial charge in [-0.2, -0.15) is 4.72 Å². The van der Waals surface area contributed by atoms with Crippen molar-refractivity contribution in [1.82, 2.24) is 15.6 Å². The zero-order valence-corrected chi connectivity index (χ0v) is 16.2. The highest BCUT2D eigenvalue weighted by molar-refractivity contribution is 7.92. The molecule has 2 aromatic carbocycles. The Morgan fingerprint density at radius 2 is 1.76 bits per heavy atom. The van der Waals surface area contributed by atoms with Gasteiger partial charge >= 0.3 is 0 Å². The van der Waals surface area contributed by atoms with E-state index < -0.39 is 27.9 Å². The Labute approximate surface area is 167 Å². The maximum Gasteiger partial charge on any atom is 0.269 e. The molecule has 9 nitrogen and oxygen atoms in total. The molecule has 152 valence electrons. The van der Waals surface area contributed by atoms with Crippen LogP contribution in [0.15, 0.2) is 53.9 Å². The lowest BCUT2D eigenvalue weighted by molar-refractivity contribution is -0.123. The van der Waals surface area contributed by atoms with E-state index >= 15 is 0 Å². The van der Waals surface area contributed by atoms with Gasteiger partial charge in [0, 0.05) is 11.0 Å². The third-order valence-electron chi connectivity index (χ3n) is 3.91. The second-order valence-corrected chi connectivity index (χ2v) is 7.71. The van der Waals surface area contributed by atoms with Crippen molar-refractivity contribution in [3.63, 3.8) is 0 Å². The molecule has 3 rings (SSSR count). The summed E-state index contributed by atoms with van der Waals surface area (Å²) in [6.45, 7) is 1.43. The van der Waals surface area contributed by atoms with Gasteiger partial charge in [0.1, 0.15) is 0 Å². The number of amides is 2. The van der Waals surface area contributed by atoms with Crippen molar-refractivity contribution in [3.05, 3.63) is 65.1 Å². The van der Waals surface area contributed by atoms with Crippen LogP contribution in [-0.2, 0) is 14.8 Å². The molecule has 29 heavy (non-hydrogen) atoms. The number of hydrogen-bond donors (Lipinski definition) is 3. The molecule has 0 aliphatic carbocycles. The summed E-state index contributed by atoms with van der Waals surface area (Å²) in [5, 5.41) is 0.970. The lowest BCUT2D eigenvalue weighted by Gasteiger charge is -2.13. The van der Waals surface area contributed by atoms with Crippen molar-refractivity contribution in [2.45, 2.75) is 13.0 Å². The second kappa shape index (κ2) is 8.76. The van der Waals surface area contributed by atoms with E-state index in [0.29, 0.717) is 17.1 Å². The fraction of sp³-hybridized carbons (Fsp3) is 0.158. The molecular weight excluding hydrogens is 398 g/mol. The van der Waals surface area contributed by atoms with Crippen LogP contribution in [0.3, 0.4) is 0 Å². The van der Waals surface area contributed by atoms with Gasteiger partial charge in [-0.1, -0.05) is 30.3 Å². The van der Waals surface area contributed by atoms with Crippen LogP contribution in [-0.4, -0.2) is 33.1 Å². The molecule has 1 aliphatic rings. The van der Waals surface area contributed by atoms with Crippen LogP contribution in [0.5, 0.6) is 11.5 Å². The smallest absolute Gasteiger partial charge is 0.269 e. The first kappa shape index (κ1) is 20.4. The van der Waals surface area contributed by atoms with Crippen LogP contribution >= 0.6 is 0 Å². The summed E-state index contributed by atoms with van der Waals surface area (Å²) in [4.78, 5) is 24.2. The van der Waals surface area contributed by atoms with Gasteiger partial charge in [-0.3, -0.25) is 20.4 Å². The van der Waals surface area contributed by atoms with Gasteiger partial charge in [0.2, 0.25) is 16.8 Å². The largest absolute Gasteiger partial charge is 0.454 e. The number of benzene rings is 2. The molecule has 0 spiro atoms. The average molecular weight is 417 g/mol.